The molecule has 0 unspecified atom stereocenters. The van der Waals surface area contributed by atoms with Gasteiger partial charge in [0.05, 0.1) is 17.9 Å². The third-order valence-corrected chi connectivity index (χ3v) is 5.36. The second-order valence-corrected chi connectivity index (χ2v) is 9.09. The van der Waals surface area contributed by atoms with Crippen molar-refractivity contribution < 1.29 is 4.79 Å². The first-order chi connectivity index (χ1) is 14.4. The Bertz CT molecular complexity index is 1010. The van der Waals surface area contributed by atoms with Crippen LogP contribution in [0.1, 0.15) is 33.6 Å². The predicted molar refractivity (Wildman–Crippen MR) is 119 cm³/mol. The van der Waals surface area contributed by atoms with Crippen LogP contribution in [0.2, 0.25) is 0 Å². The highest BCUT2D eigenvalue weighted by atomic mass is 16.2. The van der Waals surface area contributed by atoms with Gasteiger partial charge in [0.1, 0.15) is 5.82 Å². The molecule has 1 aliphatic heterocycles. The van der Waals surface area contributed by atoms with Crippen LogP contribution in [0.25, 0.3) is 16.9 Å². The summed E-state index contributed by atoms with van der Waals surface area (Å²) in [6, 6.07) is 14.2. The Hall–Kier alpha value is -3.09. The molecule has 1 aromatic carbocycles. The fourth-order valence-electron chi connectivity index (χ4n) is 3.75. The molecule has 2 amide bonds. The van der Waals surface area contributed by atoms with E-state index in [4.69, 9.17) is 5.10 Å². The molecule has 0 saturated carbocycles. The Labute approximate surface area is 177 Å². The van der Waals surface area contributed by atoms with Gasteiger partial charge >= 0.3 is 6.03 Å². The highest BCUT2D eigenvalue weighted by Gasteiger charge is 2.29. The van der Waals surface area contributed by atoms with Gasteiger partial charge in [-0.15, -0.1) is 5.10 Å². The van der Waals surface area contributed by atoms with Crippen molar-refractivity contribution in [1.82, 2.24) is 24.8 Å². The molecule has 0 aliphatic carbocycles. The minimum Gasteiger partial charge on any atom is -0.367 e. The van der Waals surface area contributed by atoms with Gasteiger partial charge in [0.2, 0.25) is 0 Å². The van der Waals surface area contributed by atoms with Gasteiger partial charge in [-0.05, 0) is 30.4 Å². The van der Waals surface area contributed by atoms with Crippen molar-refractivity contribution in [3.63, 3.8) is 0 Å². The Morgan fingerprint density at radius 1 is 1.17 bits per heavy atom. The third-order valence-electron chi connectivity index (χ3n) is 5.36. The number of hydrogen-bond donors (Lipinski definition) is 2. The van der Waals surface area contributed by atoms with E-state index in [1.165, 1.54) is 0 Å². The molecule has 2 aromatic heterocycles. The largest absolute Gasteiger partial charge is 0.367 e. The molecule has 1 atom stereocenters. The van der Waals surface area contributed by atoms with Crippen LogP contribution in [-0.2, 0) is 0 Å². The summed E-state index contributed by atoms with van der Waals surface area (Å²) in [5.74, 6) is 0.777. The normalized spacial score (nSPS) is 16.8. The summed E-state index contributed by atoms with van der Waals surface area (Å²) in [6.45, 7) is 8.52. The number of likely N-dealkylation sites (tertiary alicyclic amines) is 1. The van der Waals surface area contributed by atoms with Gasteiger partial charge in [-0.1, -0.05) is 51.1 Å². The molecule has 30 heavy (non-hydrogen) atoms. The zero-order valence-electron chi connectivity index (χ0n) is 17.9. The number of imidazole rings is 1. The highest BCUT2D eigenvalue weighted by molar-refractivity contribution is 5.75. The average molecular weight is 407 g/mol. The first-order valence-corrected chi connectivity index (χ1v) is 10.6. The lowest BCUT2D eigenvalue weighted by atomic mass is 9.97. The molecule has 7 nitrogen and oxygen atoms in total. The third kappa shape index (κ3) is 4.56. The summed E-state index contributed by atoms with van der Waals surface area (Å²) in [6.07, 6.45) is 3.87. The number of nitrogens with zero attached hydrogens (tertiary/aromatic N) is 4. The van der Waals surface area contributed by atoms with Gasteiger partial charge < -0.3 is 15.5 Å². The minimum absolute atomic E-state index is 0.0265. The molecule has 1 fully saturated rings. The molecule has 3 aromatic rings. The minimum atomic E-state index is 0.0265. The van der Waals surface area contributed by atoms with Crippen molar-refractivity contribution in [1.29, 1.82) is 0 Å². The van der Waals surface area contributed by atoms with E-state index in [0.717, 1.165) is 42.1 Å². The predicted octanol–water partition coefficient (Wildman–Crippen LogP) is 4.03. The number of amides is 2. The highest BCUT2D eigenvalue weighted by Crippen LogP contribution is 2.22. The van der Waals surface area contributed by atoms with Crippen LogP contribution in [0.5, 0.6) is 0 Å². The molecule has 1 aliphatic rings. The summed E-state index contributed by atoms with van der Waals surface area (Å²) in [5.41, 5.74) is 2.91. The lowest BCUT2D eigenvalue weighted by molar-refractivity contribution is 0.190. The van der Waals surface area contributed by atoms with Crippen LogP contribution in [0.15, 0.2) is 48.7 Å². The molecule has 3 heterocycles. The Morgan fingerprint density at radius 3 is 2.73 bits per heavy atom. The van der Waals surface area contributed by atoms with Crippen molar-refractivity contribution in [2.75, 3.05) is 25.0 Å². The number of nitrogens with one attached hydrogen (secondary N) is 2. The van der Waals surface area contributed by atoms with Gasteiger partial charge in [0.25, 0.3) is 0 Å². The van der Waals surface area contributed by atoms with Crippen molar-refractivity contribution in [2.45, 2.75) is 39.7 Å². The van der Waals surface area contributed by atoms with Crippen molar-refractivity contribution in [2.24, 2.45) is 5.41 Å². The van der Waals surface area contributed by atoms with Gasteiger partial charge in [-0.3, -0.25) is 0 Å². The topological polar surface area (TPSA) is 74.6 Å². The number of urea groups is 1. The molecule has 4 rings (SSSR count). The van der Waals surface area contributed by atoms with E-state index < -0.39 is 0 Å². The van der Waals surface area contributed by atoms with Crippen LogP contribution in [0.4, 0.5) is 10.6 Å². The summed E-state index contributed by atoms with van der Waals surface area (Å²) >= 11 is 0. The molecule has 0 radical (unpaired) electrons. The second kappa shape index (κ2) is 8.34. The number of anilines is 1. The van der Waals surface area contributed by atoms with Crippen molar-refractivity contribution in [3.05, 3.63) is 48.7 Å². The Kier molecular flexibility index (Phi) is 5.61. The smallest absolute Gasteiger partial charge is 0.317 e. The second-order valence-electron chi connectivity index (χ2n) is 9.09. The van der Waals surface area contributed by atoms with Crippen LogP contribution in [0.3, 0.4) is 0 Å². The molecule has 0 spiro atoms. The number of benzene rings is 1. The molecular weight excluding hydrogens is 376 g/mol. The lowest BCUT2D eigenvalue weighted by Crippen LogP contribution is -2.47. The number of hydrogen-bond acceptors (Lipinski definition) is 4. The lowest BCUT2D eigenvalue weighted by Gasteiger charge is -2.27. The monoisotopic (exact) mass is 406 g/mol. The van der Waals surface area contributed by atoms with Crippen molar-refractivity contribution >= 4 is 17.5 Å². The standard InChI is InChI=1S/C23H30N6O/c1-23(2,3)16-26-22(30)28-13-7-10-18(28)14-24-20-11-12-21-25-15-19(29(21)27-20)17-8-5-4-6-9-17/h4-6,8-9,11-12,15,18H,7,10,13-14,16H2,1-3H3,(H,24,27)(H,26,30)/t18-/m0/s1. The van der Waals surface area contributed by atoms with E-state index in [1.54, 1.807) is 0 Å². The number of fused-ring (bicyclic) bond motifs is 1. The fourth-order valence-corrected chi connectivity index (χ4v) is 3.75. The SMILES string of the molecule is CC(C)(C)CNC(=O)N1CCC[C@H]1CNc1ccc2ncc(-c3ccccc3)n2n1. The van der Waals surface area contributed by atoms with Crippen LogP contribution in [0, 0.1) is 5.41 Å². The maximum Gasteiger partial charge on any atom is 0.317 e. The van der Waals surface area contributed by atoms with Gasteiger partial charge in [0, 0.05) is 25.2 Å². The molecule has 7 heteroatoms. The molecular formula is C23H30N6O. The Balaban J connectivity index is 1.43. The van der Waals surface area contributed by atoms with E-state index in [1.807, 2.05) is 45.9 Å². The fraction of sp³-hybridized carbons (Fsp3) is 0.435. The van der Waals surface area contributed by atoms with E-state index in [0.29, 0.717) is 13.1 Å². The zero-order chi connectivity index (χ0) is 21.1. The average Bonchev–Trinajstić information content (AvgIpc) is 3.37. The number of rotatable bonds is 5. The van der Waals surface area contributed by atoms with E-state index in [-0.39, 0.29) is 17.5 Å². The van der Waals surface area contributed by atoms with Crippen LogP contribution >= 0.6 is 0 Å². The van der Waals surface area contributed by atoms with Gasteiger partial charge in [-0.2, -0.15) is 0 Å². The quantitative estimate of drug-likeness (QED) is 0.671. The van der Waals surface area contributed by atoms with Gasteiger partial charge in [-0.25, -0.2) is 14.3 Å². The summed E-state index contributed by atoms with van der Waals surface area (Å²) in [5, 5.41) is 11.2. The molecule has 2 N–H and O–H groups in total. The van der Waals surface area contributed by atoms with E-state index in [2.05, 4.69) is 48.5 Å². The van der Waals surface area contributed by atoms with E-state index >= 15 is 0 Å². The first kappa shape index (κ1) is 20.2. The Morgan fingerprint density at radius 2 is 1.97 bits per heavy atom. The van der Waals surface area contributed by atoms with Crippen molar-refractivity contribution in [3.8, 4) is 11.3 Å². The molecule has 158 valence electrons. The number of carbonyl (C=O) groups excluding carboxylic acids is 1. The summed E-state index contributed by atoms with van der Waals surface area (Å²) in [4.78, 5) is 19.0. The molecule has 0 bridgehead atoms. The number of aromatic nitrogens is 3. The number of carbonyl (C=O) groups is 1. The summed E-state index contributed by atoms with van der Waals surface area (Å²) < 4.78 is 1.86. The molecule has 1 saturated heterocycles. The van der Waals surface area contributed by atoms with Crippen LogP contribution in [-0.4, -0.2) is 51.2 Å². The maximum absolute atomic E-state index is 12.6. The van der Waals surface area contributed by atoms with Crippen LogP contribution < -0.4 is 10.6 Å². The van der Waals surface area contributed by atoms with Gasteiger partial charge in [0.15, 0.2) is 5.65 Å². The van der Waals surface area contributed by atoms with E-state index in [9.17, 15) is 4.79 Å². The first-order valence-electron chi connectivity index (χ1n) is 10.6. The maximum atomic E-state index is 12.6. The zero-order valence-corrected chi connectivity index (χ0v) is 17.9. The summed E-state index contributed by atoms with van der Waals surface area (Å²) in [7, 11) is 0.